The molecule has 1 aliphatic rings. The predicted molar refractivity (Wildman–Crippen MR) is 82.4 cm³/mol. The number of rotatable bonds is 5. The van der Waals surface area contributed by atoms with Crippen LogP contribution in [0.1, 0.15) is 38.9 Å². The summed E-state index contributed by atoms with van der Waals surface area (Å²) in [4.78, 5) is 0. The molecule has 0 radical (unpaired) electrons. The zero-order chi connectivity index (χ0) is 15.6. The van der Waals surface area contributed by atoms with Crippen molar-refractivity contribution in [2.75, 3.05) is 14.1 Å². The molecule has 0 spiro atoms. The van der Waals surface area contributed by atoms with E-state index in [2.05, 4.69) is 19.2 Å². The molecule has 1 heterocycles. The lowest BCUT2D eigenvalue weighted by Crippen LogP contribution is -2.35. The number of sulfonamides is 1. The van der Waals surface area contributed by atoms with E-state index in [1.807, 2.05) is 0 Å². The van der Waals surface area contributed by atoms with Crippen molar-refractivity contribution < 1.29 is 12.8 Å². The maximum Gasteiger partial charge on any atom is 0.275 e. The summed E-state index contributed by atoms with van der Waals surface area (Å²) in [6, 6.07) is 3.76. The lowest BCUT2D eigenvalue weighted by atomic mass is 9.79. The van der Waals surface area contributed by atoms with Gasteiger partial charge in [-0.2, -0.15) is 0 Å². The van der Waals surface area contributed by atoms with Crippen molar-refractivity contribution in [3.8, 4) is 0 Å². The fraction of sp³-hybridized carbons (Fsp3) is 0.733. The highest BCUT2D eigenvalue weighted by Crippen LogP contribution is 2.29. The van der Waals surface area contributed by atoms with E-state index in [4.69, 9.17) is 4.42 Å². The van der Waals surface area contributed by atoms with Gasteiger partial charge in [0.2, 0.25) is 5.09 Å². The first-order valence-electron chi connectivity index (χ1n) is 7.55. The quantitative estimate of drug-likeness (QED) is 0.907. The van der Waals surface area contributed by atoms with Crippen LogP contribution in [0.25, 0.3) is 0 Å². The van der Waals surface area contributed by atoms with Gasteiger partial charge < -0.3 is 9.73 Å². The molecule has 0 aliphatic heterocycles. The molecule has 1 fully saturated rings. The Bertz CT molecular complexity index is 565. The van der Waals surface area contributed by atoms with E-state index >= 15 is 0 Å². The third-order valence-corrected chi connectivity index (χ3v) is 6.22. The Morgan fingerprint density at radius 1 is 1.24 bits per heavy atom. The fourth-order valence-corrected chi connectivity index (χ4v) is 3.56. The van der Waals surface area contributed by atoms with Crippen molar-refractivity contribution in [3.05, 3.63) is 17.9 Å². The average molecular weight is 314 g/mol. The monoisotopic (exact) mass is 314 g/mol. The van der Waals surface area contributed by atoms with Crippen LogP contribution in [-0.4, -0.2) is 32.9 Å². The Morgan fingerprint density at radius 3 is 2.57 bits per heavy atom. The highest BCUT2D eigenvalue weighted by Gasteiger charge is 2.25. The van der Waals surface area contributed by atoms with Crippen LogP contribution in [0.5, 0.6) is 0 Å². The summed E-state index contributed by atoms with van der Waals surface area (Å²) in [5.41, 5.74) is 0. The molecule has 1 aromatic heterocycles. The van der Waals surface area contributed by atoms with Gasteiger partial charge in [-0.3, -0.25) is 0 Å². The third kappa shape index (κ3) is 3.87. The highest BCUT2D eigenvalue weighted by atomic mass is 32.2. The Hall–Kier alpha value is -0.850. The van der Waals surface area contributed by atoms with Crippen molar-refractivity contribution in [2.24, 2.45) is 11.8 Å². The van der Waals surface area contributed by atoms with E-state index in [0.717, 1.165) is 16.1 Å². The van der Waals surface area contributed by atoms with Gasteiger partial charge in [-0.15, -0.1) is 0 Å². The van der Waals surface area contributed by atoms with Crippen molar-refractivity contribution in [1.82, 2.24) is 9.62 Å². The summed E-state index contributed by atoms with van der Waals surface area (Å²) in [6.45, 7) is 5.19. The largest absolute Gasteiger partial charge is 0.447 e. The molecule has 120 valence electrons. The number of furan rings is 1. The summed E-state index contributed by atoms with van der Waals surface area (Å²) in [5, 5.41) is 3.49. The van der Waals surface area contributed by atoms with E-state index in [1.165, 1.54) is 39.4 Å². The summed E-state index contributed by atoms with van der Waals surface area (Å²) in [5.74, 6) is 2.20. The van der Waals surface area contributed by atoms with Gasteiger partial charge in [0.1, 0.15) is 5.76 Å². The molecular formula is C15H26N2O3S. The molecule has 3 atom stereocenters. The molecule has 5 nitrogen and oxygen atoms in total. The Morgan fingerprint density at radius 2 is 1.95 bits per heavy atom. The van der Waals surface area contributed by atoms with Gasteiger partial charge in [-0.1, -0.05) is 13.8 Å². The number of hydrogen-bond donors (Lipinski definition) is 1. The summed E-state index contributed by atoms with van der Waals surface area (Å²) in [7, 11) is -0.476. The first-order chi connectivity index (χ1) is 9.80. The zero-order valence-electron chi connectivity index (χ0n) is 13.3. The molecule has 1 aliphatic carbocycles. The van der Waals surface area contributed by atoms with E-state index in [9.17, 15) is 8.42 Å². The molecule has 0 saturated heterocycles. The zero-order valence-corrected chi connectivity index (χ0v) is 14.1. The van der Waals surface area contributed by atoms with E-state index in [-0.39, 0.29) is 5.09 Å². The van der Waals surface area contributed by atoms with Crippen LogP contribution in [0.3, 0.4) is 0 Å². The van der Waals surface area contributed by atoms with E-state index < -0.39 is 10.0 Å². The van der Waals surface area contributed by atoms with Crippen LogP contribution in [0.15, 0.2) is 21.6 Å². The lowest BCUT2D eigenvalue weighted by Gasteiger charge is -2.32. The van der Waals surface area contributed by atoms with Crippen LogP contribution < -0.4 is 5.32 Å². The van der Waals surface area contributed by atoms with Crippen LogP contribution in [0, 0.1) is 11.8 Å². The molecule has 1 N–H and O–H groups in total. The maximum atomic E-state index is 11.9. The minimum Gasteiger partial charge on any atom is -0.447 e. The molecule has 1 aromatic rings. The van der Waals surface area contributed by atoms with Crippen molar-refractivity contribution in [2.45, 2.75) is 50.8 Å². The van der Waals surface area contributed by atoms with Gasteiger partial charge >= 0.3 is 0 Å². The second kappa shape index (κ2) is 6.50. The number of hydrogen-bond acceptors (Lipinski definition) is 4. The second-order valence-electron chi connectivity index (χ2n) is 6.35. The van der Waals surface area contributed by atoms with Gasteiger partial charge in [-0.25, -0.2) is 12.7 Å². The maximum absolute atomic E-state index is 11.9. The highest BCUT2D eigenvalue weighted by molar-refractivity contribution is 7.88. The predicted octanol–water partition coefficient (Wildman–Crippen LogP) is 2.44. The molecule has 0 bridgehead atoms. The Labute approximate surface area is 127 Å². The first-order valence-corrected chi connectivity index (χ1v) is 8.99. The van der Waals surface area contributed by atoms with Crippen LogP contribution in [-0.2, 0) is 16.6 Å². The molecular weight excluding hydrogens is 288 g/mol. The van der Waals surface area contributed by atoms with Gasteiger partial charge in [0.15, 0.2) is 0 Å². The normalized spacial score (nSPS) is 27.2. The first kappa shape index (κ1) is 16.5. The van der Waals surface area contributed by atoms with Crippen molar-refractivity contribution in [3.63, 3.8) is 0 Å². The molecule has 0 aromatic carbocycles. The van der Waals surface area contributed by atoms with Gasteiger partial charge in [0, 0.05) is 20.1 Å². The van der Waals surface area contributed by atoms with E-state index in [1.54, 1.807) is 6.07 Å². The second-order valence-corrected chi connectivity index (χ2v) is 8.44. The standard InChI is InChI=1S/C15H26N2O3S/c1-11-5-6-13(9-12(11)2)16-10-14-7-8-15(20-14)21(18,19)17(3)4/h7-8,11-13,16H,5-6,9-10H2,1-4H3. The topological polar surface area (TPSA) is 62.6 Å². The summed E-state index contributed by atoms with van der Waals surface area (Å²) >= 11 is 0. The lowest BCUT2D eigenvalue weighted by molar-refractivity contribution is 0.222. The summed E-state index contributed by atoms with van der Waals surface area (Å²) in [6.07, 6.45) is 3.59. The molecule has 1 saturated carbocycles. The molecule has 2 rings (SSSR count). The minimum atomic E-state index is -3.48. The number of nitrogens with zero attached hydrogens (tertiary/aromatic N) is 1. The number of nitrogens with one attached hydrogen (secondary N) is 1. The van der Waals surface area contributed by atoms with Crippen LogP contribution in [0.4, 0.5) is 0 Å². The molecule has 21 heavy (non-hydrogen) atoms. The van der Waals surface area contributed by atoms with Gasteiger partial charge in [0.25, 0.3) is 10.0 Å². The smallest absolute Gasteiger partial charge is 0.275 e. The Kier molecular flexibility index (Phi) is 5.11. The van der Waals surface area contributed by atoms with Crippen LogP contribution in [0.2, 0.25) is 0 Å². The average Bonchev–Trinajstić information content (AvgIpc) is 2.89. The Balaban J connectivity index is 1.92. The van der Waals surface area contributed by atoms with Crippen molar-refractivity contribution in [1.29, 1.82) is 0 Å². The third-order valence-electron chi connectivity index (χ3n) is 4.54. The van der Waals surface area contributed by atoms with E-state index in [0.29, 0.717) is 18.3 Å². The molecule has 6 heteroatoms. The van der Waals surface area contributed by atoms with Gasteiger partial charge in [-0.05, 0) is 43.2 Å². The van der Waals surface area contributed by atoms with Crippen molar-refractivity contribution >= 4 is 10.0 Å². The van der Waals surface area contributed by atoms with Crippen LogP contribution >= 0.6 is 0 Å². The minimum absolute atomic E-state index is 0.00920. The molecule has 3 unspecified atom stereocenters. The summed E-state index contributed by atoms with van der Waals surface area (Å²) < 4.78 is 30.5. The SMILES string of the molecule is CC1CCC(NCc2ccc(S(=O)(=O)N(C)C)o2)CC1C. The van der Waals surface area contributed by atoms with Gasteiger partial charge in [0.05, 0.1) is 6.54 Å². The molecule has 0 amide bonds. The fourth-order valence-electron chi connectivity index (χ4n) is 2.75.